The number of alkyl carbamates (subject to hydrolysis) is 1. The number of nitrogens with one attached hydrogen (secondary N) is 1. The third-order valence-corrected chi connectivity index (χ3v) is 4.93. The van der Waals surface area contributed by atoms with Gasteiger partial charge in [0, 0.05) is 5.57 Å². The molecule has 0 fully saturated rings. The Morgan fingerprint density at radius 1 is 0.897 bits per heavy atom. The Hall–Kier alpha value is -3.60. The van der Waals surface area contributed by atoms with Crippen molar-refractivity contribution < 1.29 is 19.1 Å². The van der Waals surface area contributed by atoms with E-state index in [0.29, 0.717) is 5.57 Å². The molecule has 0 unspecified atom stereocenters. The van der Waals surface area contributed by atoms with Gasteiger partial charge in [-0.2, -0.15) is 0 Å². The van der Waals surface area contributed by atoms with E-state index in [1.165, 1.54) is 21.5 Å². The molecule has 0 heterocycles. The Morgan fingerprint density at radius 2 is 1.55 bits per heavy atom. The van der Waals surface area contributed by atoms with Crippen molar-refractivity contribution in [2.45, 2.75) is 13.5 Å². The molecule has 1 amide bonds. The molecule has 5 heteroatoms. The number of amides is 1. The van der Waals surface area contributed by atoms with Crippen LogP contribution in [0.4, 0.5) is 4.79 Å². The van der Waals surface area contributed by atoms with Gasteiger partial charge >= 0.3 is 12.1 Å². The van der Waals surface area contributed by atoms with Gasteiger partial charge in [-0.1, -0.05) is 61.2 Å². The number of carbonyl (C=O) groups is 2. The predicted molar refractivity (Wildman–Crippen MR) is 114 cm³/mol. The van der Waals surface area contributed by atoms with Gasteiger partial charge < -0.3 is 14.8 Å². The van der Waals surface area contributed by atoms with Crippen LogP contribution < -0.4 is 5.32 Å². The van der Waals surface area contributed by atoms with Crippen LogP contribution in [0.1, 0.15) is 12.5 Å². The Labute approximate surface area is 168 Å². The van der Waals surface area contributed by atoms with Crippen LogP contribution in [0.3, 0.4) is 0 Å². The quantitative estimate of drug-likeness (QED) is 0.221. The summed E-state index contributed by atoms with van der Waals surface area (Å²) in [5.74, 6) is -0.478. The fourth-order valence-corrected chi connectivity index (χ4v) is 3.54. The van der Waals surface area contributed by atoms with Crippen LogP contribution in [0.2, 0.25) is 0 Å². The van der Waals surface area contributed by atoms with Crippen LogP contribution in [-0.4, -0.2) is 25.2 Å². The summed E-state index contributed by atoms with van der Waals surface area (Å²) in [6.45, 7) is 5.47. The minimum Gasteiger partial charge on any atom is -0.460 e. The van der Waals surface area contributed by atoms with Crippen LogP contribution in [-0.2, 0) is 20.9 Å². The molecule has 29 heavy (non-hydrogen) atoms. The van der Waals surface area contributed by atoms with Gasteiger partial charge in [-0.25, -0.2) is 9.59 Å². The lowest BCUT2D eigenvalue weighted by molar-refractivity contribution is -0.138. The molecule has 4 aromatic rings. The minimum atomic E-state index is -0.554. The van der Waals surface area contributed by atoms with Gasteiger partial charge in [-0.05, 0) is 44.8 Å². The van der Waals surface area contributed by atoms with E-state index in [0.717, 1.165) is 16.3 Å². The van der Waals surface area contributed by atoms with Crippen LogP contribution >= 0.6 is 0 Å². The Balaban J connectivity index is 1.46. The molecule has 0 saturated heterocycles. The first-order valence-electron chi connectivity index (χ1n) is 9.43. The lowest BCUT2D eigenvalue weighted by Crippen LogP contribution is -2.28. The van der Waals surface area contributed by atoms with E-state index < -0.39 is 12.1 Å². The second-order valence-corrected chi connectivity index (χ2v) is 7.00. The van der Waals surface area contributed by atoms with E-state index in [9.17, 15) is 9.59 Å². The second-order valence-electron chi connectivity index (χ2n) is 7.00. The molecule has 0 atom stereocenters. The number of hydrogen-bond donors (Lipinski definition) is 1. The summed E-state index contributed by atoms with van der Waals surface area (Å²) >= 11 is 0. The predicted octanol–water partition coefficient (Wildman–Crippen LogP) is 4.93. The highest BCUT2D eigenvalue weighted by molar-refractivity contribution is 6.23. The van der Waals surface area contributed by atoms with E-state index >= 15 is 0 Å². The monoisotopic (exact) mass is 387 g/mol. The highest BCUT2D eigenvalue weighted by Gasteiger charge is 2.12. The SMILES string of the molecule is C=C(C)C(=O)OCCNC(=O)OCc1ccc2ccc3cccc4ccc1c2c34. The summed E-state index contributed by atoms with van der Waals surface area (Å²) in [6, 6.07) is 18.8. The summed E-state index contributed by atoms with van der Waals surface area (Å²) in [5, 5.41) is 9.63. The molecular weight excluding hydrogens is 366 g/mol. The maximum absolute atomic E-state index is 12.0. The highest BCUT2D eigenvalue weighted by Crippen LogP contribution is 2.36. The maximum Gasteiger partial charge on any atom is 0.407 e. The van der Waals surface area contributed by atoms with Crippen molar-refractivity contribution in [3.63, 3.8) is 0 Å². The third kappa shape index (κ3) is 3.72. The van der Waals surface area contributed by atoms with Crippen molar-refractivity contribution in [3.05, 3.63) is 72.3 Å². The number of rotatable bonds is 6. The van der Waals surface area contributed by atoms with E-state index in [1.54, 1.807) is 6.92 Å². The lowest BCUT2D eigenvalue weighted by atomic mass is 9.92. The molecule has 4 aromatic carbocycles. The fraction of sp³-hybridized carbons (Fsp3) is 0.167. The molecule has 4 rings (SSSR count). The first-order chi connectivity index (χ1) is 14.0. The first-order valence-corrected chi connectivity index (χ1v) is 9.43. The normalized spacial score (nSPS) is 11.1. The highest BCUT2D eigenvalue weighted by atomic mass is 16.6. The molecule has 0 aliphatic heterocycles. The van der Waals surface area contributed by atoms with Gasteiger partial charge in [0.25, 0.3) is 0 Å². The fourth-order valence-electron chi connectivity index (χ4n) is 3.54. The summed E-state index contributed by atoms with van der Waals surface area (Å²) in [4.78, 5) is 23.3. The lowest BCUT2D eigenvalue weighted by Gasteiger charge is -2.14. The molecule has 1 N–H and O–H groups in total. The molecular formula is C24H21NO4. The van der Waals surface area contributed by atoms with Crippen molar-refractivity contribution >= 4 is 44.4 Å². The molecule has 0 aromatic heterocycles. The van der Waals surface area contributed by atoms with Crippen molar-refractivity contribution in [1.82, 2.24) is 5.32 Å². The molecule has 0 spiro atoms. The zero-order valence-electron chi connectivity index (χ0n) is 16.2. The van der Waals surface area contributed by atoms with Gasteiger partial charge in [0.1, 0.15) is 13.2 Å². The average Bonchev–Trinajstić information content (AvgIpc) is 2.73. The Bertz CT molecular complexity index is 1210. The summed E-state index contributed by atoms with van der Waals surface area (Å²) in [6.07, 6.45) is -0.554. The smallest absolute Gasteiger partial charge is 0.407 e. The van der Waals surface area contributed by atoms with Crippen molar-refractivity contribution in [2.24, 2.45) is 0 Å². The van der Waals surface area contributed by atoms with Crippen LogP contribution in [0, 0.1) is 0 Å². The summed E-state index contributed by atoms with van der Waals surface area (Å²) < 4.78 is 10.3. The van der Waals surface area contributed by atoms with Gasteiger partial charge in [0.15, 0.2) is 0 Å². The van der Waals surface area contributed by atoms with Gasteiger partial charge in [0.2, 0.25) is 0 Å². The van der Waals surface area contributed by atoms with Crippen molar-refractivity contribution in [1.29, 1.82) is 0 Å². The Kier molecular flexibility index (Phi) is 5.04. The van der Waals surface area contributed by atoms with E-state index in [2.05, 4.69) is 60.4 Å². The standard InChI is InChI=1S/C24H21NO4/c1-15(2)23(26)28-13-12-25-24(27)29-14-19-9-8-18-7-6-16-4-3-5-17-10-11-20(19)22(18)21(16)17/h3-11H,1,12-14H2,2H3,(H,25,27). The number of hydrogen-bond acceptors (Lipinski definition) is 4. The molecule has 0 aliphatic rings. The average molecular weight is 387 g/mol. The zero-order valence-corrected chi connectivity index (χ0v) is 16.2. The van der Waals surface area contributed by atoms with E-state index in [-0.39, 0.29) is 19.8 Å². The second kappa shape index (κ2) is 7.80. The molecule has 5 nitrogen and oxygen atoms in total. The molecule has 0 aliphatic carbocycles. The number of ether oxygens (including phenoxy) is 2. The first kappa shape index (κ1) is 18.7. The van der Waals surface area contributed by atoms with Crippen LogP contribution in [0.5, 0.6) is 0 Å². The summed E-state index contributed by atoms with van der Waals surface area (Å²) in [5.41, 5.74) is 1.26. The van der Waals surface area contributed by atoms with E-state index in [4.69, 9.17) is 9.47 Å². The maximum atomic E-state index is 12.0. The zero-order chi connectivity index (χ0) is 20.4. The number of carbonyl (C=O) groups excluding carboxylic acids is 2. The molecule has 0 radical (unpaired) electrons. The van der Waals surface area contributed by atoms with E-state index in [1.807, 2.05) is 6.07 Å². The molecule has 146 valence electrons. The largest absolute Gasteiger partial charge is 0.460 e. The molecule has 0 saturated carbocycles. The molecule has 0 bridgehead atoms. The van der Waals surface area contributed by atoms with Crippen molar-refractivity contribution in [2.75, 3.05) is 13.2 Å². The van der Waals surface area contributed by atoms with Crippen molar-refractivity contribution in [3.8, 4) is 0 Å². The number of esters is 1. The minimum absolute atomic E-state index is 0.0690. The van der Waals surface area contributed by atoms with Gasteiger partial charge in [-0.3, -0.25) is 0 Å². The number of benzene rings is 4. The third-order valence-electron chi connectivity index (χ3n) is 4.93. The summed E-state index contributed by atoms with van der Waals surface area (Å²) in [7, 11) is 0. The Morgan fingerprint density at radius 3 is 2.28 bits per heavy atom. The van der Waals surface area contributed by atoms with Gasteiger partial charge in [-0.15, -0.1) is 0 Å². The van der Waals surface area contributed by atoms with Gasteiger partial charge in [0.05, 0.1) is 6.54 Å². The van der Waals surface area contributed by atoms with Crippen LogP contribution in [0.25, 0.3) is 32.3 Å². The topological polar surface area (TPSA) is 64.6 Å². The van der Waals surface area contributed by atoms with Crippen LogP contribution in [0.15, 0.2) is 66.7 Å².